The number of hydrogen-bond acceptors (Lipinski definition) is 3. The van der Waals surface area contributed by atoms with E-state index in [0.29, 0.717) is 5.56 Å². The molecule has 0 aliphatic rings. The molecule has 3 aromatic rings. The van der Waals surface area contributed by atoms with E-state index >= 15 is 0 Å². The Hall–Kier alpha value is -3.25. The first-order valence-electron chi connectivity index (χ1n) is 8.17. The minimum absolute atomic E-state index is 0.0185. The van der Waals surface area contributed by atoms with Crippen molar-refractivity contribution in [1.82, 2.24) is 0 Å². The molecular weight excluding hydrogens is 388 g/mol. The summed E-state index contributed by atoms with van der Waals surface area (Å²) in [5.41, 5.74) is 0.622. The average molecular weight is 402 g/mol. The second-order valence-corrected chi connectivity index (χ2v) is 6.32. The van der Waals surface area contributed by atoms with E-state index in [0.717, 1.165) is 6.07 Å². The summed E-state index contributed by atoms with van der Waals surface area (Å²) in [6.45, 7) is 1.79. The number of amides is 1. The van der Waals surface area contributed by atoms with Gasteiger partial charge < -0.3 is 10.1 Å². The number of aryl methyl sites for hydroxylation is 1. The lowest BCUT2D eigenvalue weighted by atomic mass is 10.0. The van der Waals surface area contributed by atoms with Crippen molar-refractivity contribution in [1.29, 1.82) is 0 Å². The molecule has 1 amide bonds. The molecule has 142 valence electrons. The van der Waals surface area contributed by atoms with Gasteiger partial charge in [-0.3, -0.25) is 9.59 Å². The summed E-state index contributed by atoms with van der Waals surface area (Å²) in [5, 5.41) is 2.26. The third-order valence-corrected chi connectivity index (χ3v) is 4.39. The molecule has 0 aliphatic carbocycles. The van der Waals surface area contributed by atoms with E-state index in [-0.39, 0.29) is 39.6 Å². The Morgan fingerprint density at radius 1 is 1.11 bits per heavy atom. The smallest absolute Gasteiger partial charge is 0.298 e. The number of rotatable bonds is 5. The quantitative estimate of drug-likeness (QED) is 0.584. The predicted octanol–water partition coefficient (Wildman–Crippen LogP) is 5.38. The van der Waals surface area contributed by atoms with Crippen molar-refractivity contribution in [2.24, 2.45) is 0 Å². The van der Waals surface area contributed by atoms with Crippen molar-refractivity contribution in [3.63, 3.8) is 0 Å². The van der Waals surface area contributed by atoms with Crippen LogP contribution in [-0.2, 0) is 4.79 Å². The highest BCUT2D eigenvalue weighted by Crippen LogP contribution is 2.34. The third-order valence-electron chi connectivity index (χ3n) is 4.09. The van der Waals surface area contributed by atoms with Crippen molar-refractivity contribution < 1.29 is 23.1 Å². The van der Waals surface area contributed by atoms with Crippen LogP contribution < -0.4 is 10.1 Å². The van der Waals surface area contributed by atoms with Gasteiger partial charge in [0.15, 0.2) is 0 Å². The Labute approximate surface area is 164 Å². The lowest BCUT2D eigenvalue weighted by molar-refractivity contribution is -0.120. The second kappa shape index (κ2) is 8.19. The third kappa shape index (κ3) is 3.87. The lowest BCUT2D eigenvalue weighted by Gasteiger charge is -2.13. The zero-order chi connectivity index (χ0) is 20.3. The minimum Gasteiger partial charge on any atom is -0.428 e. The number of para-hydroxylation sites is 1. The normalized spacial score (nSPS) is 10.4. The number of anilines is 1. The number of nitrogens with one attached hydrogen (secondary N) is 1. The number of benzene rings is 3. The van der Waals surface area contributed by atoms with E-state index in [1.807, 2.05) is 0 Å². The molecule has 0 aromatic heterocycles. The summed E-state index contributed by atoms with van der Waals surface area (Å²) in [7, 11) is 0. The van der Waals surface area contributed by atoms with Gasteiger partial charge in [-0.2, -0.15) is 0 Å². The molecule has 0 unspecified atom stereocenters. The van der Waals surface area contributed by atoms with Crippen LogP contribution in [0.15, 0.2) is 54.6 Å². The Kier molecular flexibility index (Phi) is 5.70. The van der Waals surface area contributed by atoms with E-state index in [1.54, 1.807) is 31.2 Å². The largest absolute Gasteiger partial charge is 0.428 e. The van der Waals surface area contributed by atoms with Crippen LogP contribution in [0.5, 0.6) is 5.75 Å². The van der Waals surface area contributed by atoms with Gasteiger partial charge in [-0.15, -0.1) is 0 Å². The van der Waals surface area contributed by atoms with Crippen molar-refractivity contribution in [2.75, 3.05) is 5.32 Å². The molecule has 7 heteroatoms. The molecule has 0 fully saturated rings. The van der Waals surface area contributed by atoms with Gasteiger partial charge in [0.2, 0.25) is 0 Å². The highest BCUT2D eigenvalue weighted by Gasteiger charge is 2.18. The first-order valence-corrected chi connectivity index (χ1v) is 8.55. The van der Waals surface area contributed by atoms with Gasteiger partial charge >= 0.3 is 0 Å². The molecule has 0 aliphatic heterocycles. The first kappa shape index (κ1) is 19.5. The molecule has 0 radical (unpaired) electrons. The molecule has 0 atom stereocenters. The number of carbonyl (C=O) groups excluding carboxylic acids is 2. The van der Waals surface area contributed by atoms with Crippen molar-refractivity contribution in [3.05, 3.63) is 82.4 Å². The zero-order valence-corrected chi connectivity index (χ0v) is 15.4. The molecule has 0 saturated heterocycles. The summed E-state index contributed by atoms with van der Waals surface area (Å²) in [4.78, 5) is 23.0. The summed E-state index contributed by atoms with van der Waals surface area (Å²) < 4.78 is 33.7. The van der Waals surface area contributed by atoms with Gasteiger partial charge in [0, 0.05) is 5.56 Å². The molecule has 0 spiro atoms. The van der Waals surface area contributed by atoms with Crippen molar-refractivity contribution in [3.8, 4) is 16.9 Å². The monoisotopic (exact) mass is 401 g/mol. The van der Waals surface area contributed by atoms with E-state index < -0.39 is 17.5 Å². The summed E-state index contributed by atoms with van der Waals surface area (Å²) in [6, 6.07) is 13.2. The van der Waals surface area contributed by atoms with Gasteiger partial charge in [-0.1, -0.05) is 41.9 Å². The van der Waals surface area contributed by atoms with Crippen LogP contribution in [0.3, 0.4) is 0 Å². The fraction of sp³-hybridized carbons (Fsp3) is 0.0476. The highest BCUT2D eigenvalue weighted by molar-refractivity contribution is 6.34. The molecule has 3 aromatic carbocycles. The number of carbonyl (C=O) groups is 2. The fourth-order valence-corrected chi connectivity index (χ4v) is 2.96. The number of halogens is 3. The van der Waals surface area contributed by atoms with Gasteiger partial charge in [-0.05, 0) is 42.3 Å². The highest BCUT2D eigenvalue weighted by atomic mass is 35.5. The topological polar surface area (TPSA) is 55.4 Å². The molecule has 4 nitrogen and oxygen atoms in total. The average Bonchev–Trinajstić information content (AvgIpc) is 2.67. The van der Waals surface area contributed by atoms with Crippen LogP contribution in [0.25, 0.3) is 11.1 Å². The Bertz CT molecular complexity index is 1050. The molecule has 0 saturated carbocycles. The first-order chi connectivity index (χ1) is 13.4. The number of ether oxygens (including phenoxy) is 1. The zero-order valence-electron chi connectivity index (χ0n) is 14.6. The lowest BCUT2D eigenvalue weighted by Crippen LogP contribution is -2.15. The molecule has 1 N–H and O–H groups in total. The molecule has 3 rings (SSSR count). The van der Waals surface area contributed by atoms with Crippen molar-refractivity contribution >= 4 is 29.7 Å². The van der Waals surface area contributed by atoms with Crippen LogP contribution in [0.1, 0.15) is 15.9 Å². The van der Waals surface area contributed by atoms with Gasteiger partial charge in [0.1, 0.15) is 17.4 Å². The minimum atomic E-state index is -0.828. The van der Waals surface area contributed by atoms with E-state index in [1.165, 1.54) is 24.3 Å². The Morgan fingerprint density at radius 3 is 2.57 bits per heavy atom. The maximum atomic E-state index is 14.6. The van der Waals surface area contributed by atoms with Crippen LogP contribution in [-0.4, -0.2) is 12.4 Å². The molecular formula is C21H14ClF2NO3. The maximum Gasteiger partial charge on any atom is 0.298 e. The van der Waals surface area contributed by atoms with E-state index in [2.05, 4.69) is 5.32 Å². The maximum absolute atomic E-state index is 14.6. The van der Waals surface area contributed by atoms with Crippen LogP contribution in [0.4, 0.5) is 14.5 Å². The number of hydrogen-bond donors (Lipinski definition) is 1. The summed E-state index contributed by atoms with van der Waals surface area (Å²) in [5.74, 6) is -2.00. The second-order valence-electron chi connectivity index (χ2n) is 5.92. The Balaban J connectivity index is 1.95. The van der Waals surface area contributed by atoms with Crippen LogP contribution in [0.2, 0.25) is 5.02 Å². The fourth-order valence-electron chi connectivity index (χ4n) is 2.71. The van der Waals surface area contributed by atoms with Gasteiger partial charge in [-0.25, -0.2) is 8.78 Å². The van der Waals surface area contributed by atoms with Crippen molar-refractivity contribution in [2.45, 2.75) is 6.92 Å². The van der Waals surface area contributed by atoms with Crippen LogP contribution in [0, 0.1) is 18.6 Å². The molecule has 28 heavy (non-hydrogen) atoms. The van der Waals surface area contributed by atoms with Gasteiger partial charge in [0.25, 0.3) is 12.4 Å². The predicted molar refractivity (Wildman–Crippen MR) is 103 cm³/mol. The summed E-state index contributed by atoms with van der Waals surface area (Å²) in [6.07, 6.45) is 0. The van der Waals surface area contributed by atoms with Crippen LogP contribution >= 0.6 is 11.6 Å². The van der Waals surface area contributed by atoms with Gasteiger partial charge in [0.05, 0.1) is 16.3 Å². The summed E-state index contributed by atoms with van der Waals surface area (Å²) >= 11 is 6.14. The molecule has 0 bridgehead atoms. The van der Waals surface area contributed by atoms with E-state index in [4.69, 9.17) is 16.3 Å². The SMILES string of the molecule is Cc1cccc(-c2cc(F)c(NC(=O)c3ccccc3OC=O)c(Cl)c2)c1F. The van der Waals surface area contributed by atoms with E-state index in [9.17, 15) is 18.4 Å². The standard InChI is InChI=1S/C21H14ClF2NO3/c1-12-5-4-7-14(19(12)24)13-9-16(22)20(17(23)10-13)25-21(27)15-6-2-3-8-18(15)28-11-26/h2-11H,1H3,(H,25,27). The molecule has 0 heterocycles. The Morgan fingerprint density at radius 2 is 1.86 bits per heavy atom.